The van der Waals surface area contributed by atoms with Crippen molar-refractivity contribution < 1.29 is 0 Å². The molecule has 0 unspecified atom stereocenters. The smallest absolute Gasteiger partial charge is 0.0619 e. The van der Waals surface area contributed by atoms with E-state index in [9.17, 15) is 0 Å². The molecule has 2 nitrogen and oxygen atoms in total. The first kappa shape index (κ1) is 17.5. The third-order valence-corrected chi connectivity index (χ3v) is 7.32. The lowest BCUT2D eigenvalue weighted by atomic mass is 10.0. The number of rotatable bonds is 1. The largest absolute Gasteiger partial charge is 0.309 e. The van der Waals surface area contributed by atoms with Crippen LogP contribution in [0.1, 0.15) is 0 Å². The standard InChI is InChI=1S/C30H17ClN2/c31-18-15-16-24-23(17-18)22-11-4-10-21-20-9-5-12-25-28(20)29-26(32(25)19-7-2-1-3-8-19)13-6-14-27(29)33(24)30(21)22/h1-17H. The second kappa shape index (κ2) is 6.06. The van der Waals surface area contributed by atoms with Crippen LogP contribution in [0.2, 0.25) is 5.02 Å². The molecule has 0 aliphatic carbocycles. The molecule has 0 N–H and O–H groups in total. The maximum atomic E-state index is 6.45. The predicted octanol–water partition coefficient (Wildman–Crippen LogP) is 8.59. The molecule has 0 radical (unpaired) electrons. The molecule has 8 rings (SSSR count). The first-order valence-corrected chi connectivity index (χ1v) is 11.5. The van der Waals surface area contributed by atoms with Crippen LogP contribution in [-0.2, 0) is 0 Å². The van der Waals surface area contributed by atoms with Crippen molar-refractivity contribution >= 4 is 71.5 Å². The molecule has 3 heterocycles. The molecule has 5 aromatic carbocycles. The Morgan fingerprint density at radius 2 is 1.15 bits per heavy atom. The van der Waals surface area contributed by atoms with E-state index in [-0.39, 0.29) is 0 Å². The second-order valence-electron chi connectivity index (χ2n) is 8.74. The summed E-state index contributed by atoms with van der Waals surface area (Å²) in [6, 6.07) is 36.9. The monoisotopic (exact) mass is 440 g/mol. The van der Waals surface area contributed by atoms with Crippen molar-refractivity contribution in [3.63, 3.8) is 0 Å². The molecule has 0 bridgehead atoms. The molecule has 154 valence electrons. The maximum Gasteiger partial charge on any atom is 0.0619 e. The fourth-order valence-electron chi connectivity index (χ4n) is 5.86. The number of hydrogen-bond donors (Lipinski definition) is 0. The van der Waals surface area contributed by atoms with Crippen LogP contribution in [0.25, 0.3) is 65.6 Å². The van der Waals surface area contributed by atoms with E-state index in [1.54, 1.807) is 0 Å². The van der Waals surface area contributed by atoms with Gasteiger partial charge >= 0.3 is 0 Å². The number of hydrogen-bond acceptors (Lipinski definition) is 0. The van der Waals surface area contributed by atoms with Crippen LogP contribution in [0, 0.1) is 0 Å². The van der Waals surface area contributed by atoms with E-state index in [1.165, 1.54) is 65.6 Å². The van der Waals surface area contributed by atoms with Gasteiger partial charge in [0, 0.05) is 37.6 Å². The molecule has 3 heteroatoms. The summed E-state index contributed by atoms with van der Waals surface area (Å²) in [7, 11) is 0. The Hall–Kier alpha value is -4.01. The Morgan fingerprint density at radius 1 is 0.485 bits per heavy atom. The van der Waals surface area contributed by atoms with Gasteiger partial charge in [0.2, 0.25) is 0 Å². The van der Waals surface area contributed by atoms with Crippen LogP contribution in [0.5, 0.6) is 0 Å². The van der Waals surface area contributed by atoms with Crippen molar-refractivity contribution in [2.75, 3.05) is 0 Å². The van der Waals surface area contributed by atoms with E-state index >= 15 is 0 Å². The van der Waals surface area contributed by atoms with Crippen molar-refractivity contribution in [2.24, 2.45) is 0 Å². The molecule has 0 saturated heterocycles. The highest BCUT2D eigenvalue weighted by Crippen LogP contribution is 2.44. The van der Waals surface area contributed by atoms with Gasteiger partial charge in [0.15, 0.2) is 0 Å². The van der Waals surface area contributed by atoms with Crippen molar-refractivity contribution in [2.45, 2.75) is 0 Å². The van der Waals surface area contributed by atoms with Crippen LogP contribution in [0.4, 0.5) is 0 Å². The van der Waals surface area contributed by atoms with Gasteiger partial charge in [0.1, 0.15) is 0 Å². The molecular formula is C30H17ClN2. The Labute approximate surface area is 194 Å². The minimum Gasteiger partial charge on any atom is -0.309 e. The van der Waals surface area contributed by atoms with Crippen LogP contribution < -0.4 is 0 Å². The minimum absolute atomic E-state index is 0.764. The Balaban J connectivity index is 1.79. The molecule has 0 fully saturated rings. The fraction of sp³-hybridized carbons (Fsp3) is 0. The zero-order valence-electron chi connectivity index (χ0n) is 17.6. The lowest BCUT2D eigenvalue weighted by Crippen LogP contribution is -1.93. The van der Waals surface area contributed by atoms with E-state index < -0.39 is 0 Å². The highest BCUT2D eigenvalue weighted by Gasteiger charge is 2.21. The Morgan fingerprint density at radius 3 is 2.00 bits per heavy atom. The van der Waals surface area contributed by atoms with Gasteiger partial charge in [-0.25, -0.2) is 0 Å². The van der Waals surface area contributed by atoms with Gasteiger partial charge in [0.05, 0.1) is 27.6 Å². The zero-order chi connectivity index (χ0) is 21.7. The predicted molar refractivity (Wildman–Crippen MR) is 140 cm³/mol. The van der Waals surface area contributed by atoms with Crippen LogP contribution in [0.15, 0.2) is 103 Å². The van der Waals surface area contributed by atoms with Crippen LogP contribution in [0.3, 0.4) is 0 Å². The van der Waals surface area contributed by atoms with E-state index in [4.69, 9.17) is 11.6 Å². The lowest BCUT2D eigenvalue weighted by Gasteiger charge is -2.08. The summed E-state index contributed by atoms with van der Waals surface area (Å²) in [5.41, 5.74) is 7.27. The summed E-state index contributed by atoms with van der Waals surface area (Å²) in [5.74, 6) is 0. The average molecular weight is 441 g/mol. The SMILES string of the molecule is Clc1ccc2c(c1)c1cccc3c4cccc5c4c4c(cccc4n2c31)n5-c1ccccc1. The van der Waals surface area contributed by atoms with Gasteiger partial charge in [-0.3, -0.25) is 0 Å². The van der Waals surface area contributed by atoms with Gasteiger partial charge in [-0.1, -0.05) is 66.2 Å². The van der Waals surface area contributed by atoms with Crippen LogP contribution >= 0.6 is 11.6 Å². The zero-order valence-corrected chi connectivity index (χ0v) is 18.3. The molecule has 0 saturated carbocycles. The lowest BCUT2D eigenvalue weighted by molar-refractivity contribution is 1.18. The van der Waals surface area contributed by atoms with Crippen LogP contribution in [-0.4, -0.2) is 8.97 Å². The summed E-state index contributed by atoms with van der Waals surface area (Å²) in [6.45, 7) is 0. The maximum absolute atomic E-state index is 6.45. The topological polar surface area (TPSA) is 9.34 Å². The van der Waals surface area contributed by atoms with E-state index in [0.29, 0.717) is 0 Å². The summed E-state index contributed by atoms with van der Waals surface area (Å²) < 4.78 is 4.83. The summed E-state index contributed by atoms with van der Waals surface area (Å²) in [6.07, 6.45) is 0. The molecule has 3 aromatic heterocycles. The molecule has 0 spiro atoms. The molecule has 33 heavy (non-hydrogen) atoms. The summed E-state index contributed by atoms with van der Waals surface area (Å²) in [5, 5.41) is 8.32. The van der Waals surface area contributed by atoms with Gasteiger partial charge in [0.25, 0.3) is 0 Å². The van der Waals surface area contributed by atoms with E-state index in [0.717, 1.165) is 5.02 Å². The van der Waals surface area contributed by atoms with Crippen molar-refractivity contribution in [3.8, 4) is 5.69 Å². The highest BCUT2D eigenvalue weighted by molar-refractivity contribution is 6.33. The molecule has 0 atom stereocenters. The molecule has 0 aliphatic heterocycles. The normalized spacial score (nSPS) is 12.4. The second-order valence-corrected chi connectivity index (χ2v) is 9.18. The fourth-order valence-corrected chi connectivity index (χ4v) is 6.04. The third kappa shape index (κ3) is 2.10. The van der Waals surface area contributed by atoms with Crippen molar-refractivity contribution in [1.29, 1.82) is 0 Å². The number of para-hydroxylation sites is 2. The van der Waals surface area contributed by atoms with Gasteiger partial charge in [-0.2, -0.15) is 0 Å². The Bertz CT molecular complexity index is 2030. The van der Waals surface area contributed by atoms with E-state index in [2.05, 4.69) is 106 Å². The van der Waals surface area contributed by atoms with Gasteiger partial charge in [-0.05, 0) is 53.9 Å². The first-order chi connectivity index (χ1) is 16.3. The quantitative estimate of drug-likeness (QED) is 0.242. The number of benzene rings is 5. The summed E-state index contributed by atoms with van der Waals surface area (Å²) in [4.78, 5) is 0. The Kier molecular flexibility index (Phi) is 3.22. The van der Waals surface area contributed by atoms with E-state index in [1.807, 2.05) is 6.07 Å². The number of fused-ring (bicyclic) bond motifs is 5. The highest BCUT2D eigenvalue weighted by atomic mass is 35.5. The molecular weight excluding hydrogens is 424 g/mol. The average Bonchev–Trinajstić information content (AvgIpc) is 3.32. The third-order valence-electron chi connectivity index (χ3n) is 7.09. The molecule has 8 aromatic rings. The first-order valence-electron chi connectivity index (χ1n) is 11.2. The number of aromatic nitrogens is 2. The van der Waals surface area contributed by atoms with Crippen molar-refractivity contribution in [3.05, 3.63) is 108 Å². The minimum atomic E-state index is 0.764. The van der Waals surface area contributed by atoms with Crippen molar-refractivity contribution in [1.82, 2.24) is 8.97 Å². The number of nitrogens with zero attached hydrogens (tertiary/aromatic N) is 2. The number of halogens is 1. The van der Waals surface area contributed by atoms with Gasteiger partial charge in [-0.15, -0.1) is 0 Å². The molecule has 0 amide bonds. The summed E-state index contributed by atoms with van der Waals surface area (Å²) >= 11 is 6.45. The van der Waals surface area contributed by atoms with Gasteiger partial charge < -0.3 is 8.97 Å². The molecule has 0 aliphatic rings.